The fraction of sp³-hybridized carbons (Fsp3) is 0.692. The zero-order valence-electron chi connectivity index (χ0n) is 10.1. The van der Waals surface area contributed by atoms with Gasteiger partial charge in [0.2, 0.25) is 5.95 Å². The number of hydrogen-bond donors (Lipinski definition) is 0. The Morgan fingerprint density at radius 1 is 1.06 bits per heavy atom. The van der Waals surface area contributed by atoms with Crippen molar-refractivity contribution in [2.24, 2.45) is 11.8 Å². The predicted octanol–water partition coefficient (Wildman–Crippen LogP) is 2.33. The molecule has 3 heteroatoms. The molecule has 1 saturated heterocycles. The Morgan fingerprint density at radius 3 is 2.19 bits per heavy atom. The van der Waals surface area contributed by atoms with E-state index in [0.717, 1.165) is 42.3 Å². The molecule has 1 saturated carbocycles. The average molecular weight is 217 g/mol. The van der Waals surface area contributed by atoms with E-state index in [0.29, 0.717) is 0 Å². The number of aromatic nitrogens is 2. The number of hydrogen-bond acceptors (Lipinski definition) is 3. The van der Waals surface area contributed by atoms with Crippen molar-refractivity contribution < 1.29 is 0 Å². The molecule has 1 aliphatic carbocycles. The summed E-state index contributed by atoms with van der Waals surface area (Å²) in [6.45, 7) is 6.38. The lowest BCUT2D eigenvalue weighted by Gasteiger charge is -2.21. The van der Waals surface area contributed by atoms with Crippen LogP contribution in [0.15, 0.2) is 6.07 Å². The summed E-state index contributed by atoms with van der Waals surface area (Å²) in [5.41, 5.74) is 2.16. The third kappa shape index (κ3) is 1.91. The molecule has 2 aliphatic rings. The first-order valence-corrected chi connectivity index (χ1v) is 6.29. The van der Waals surface area contributed by atoms with Crippen molar-refractivity contribution >= 4 is 5.95 Å². The quantitative estimate of drug-likeness (QED) is 0.723. The van der Waals surface area contributed by atoms with Crippen molar-refractivity contribution in [3.05, 3.63) is 17.5 Å². The van der Waals surface area contributed by atoms with Crippen LogP contribution in [0.25, 0.3) is 0 Å². The van der Waals surface area contributed by atoms with E-state index in [2.05, 4.69) is 14.9 Å². The highest BCUT2D eigenvalue weighted by atomic mass is 15.3. The van der Waals surface area contributed by atoms with E-state index in [1.807, 2.05) is 19.9 Å². The van der Waals surface area contributed by atoms with Crippen molar-refractivity contribution in [1.29, 1.82) is 0 Å². The molecule has 0 spiro atoms. The zero-order valence-corrected chi connectivity index (χ0v) is 10.1. The Bertz CT molecular complexity index is 370. The predicted molar refractivity (Wildman–Crippen MR) is 64.6 cm³/mol. The van der Waals surface area contributed by atoms with Gasteiger partial charge in [-0.05, 0) is 51.0 Å². The molecule has 0 radical (unpaired) electrons. The molecule has 0 amide bonds. The average Bonchev–Trinajstić information content (AvgIpc) is 2.92. The minimum Gasteiger partial charge on any atom is -0.341 e. The molecule has 2 atom stereocenters. The second-order valence-corrected chi connectivity index (χ2v) is 5.27. The Balaban J connectivity index is 1.80. The van der Waals surface area contributed by atoms with Crippen molar-refractivity contribution in [3.8, 4) is 0 Å². The molecule has 1 aromatic heterocycles. The maximum absolute atomic E-state index is 4.55. The van der Waals surface area contributed by atoms with Gasteiger partial charge in [-0.2, -0.15) is 0 Å². The van der Waals surface area contributed by atoms with Gasteiger partial charge in [0.1, 0.15) is 0 Å². The standard InChI is InChI=1S/C13H19N3/c1-9-7-10(2)15-13(14-9)16-5-3-11-8-12(11)4-6-16/h7,11-12H,3-6,8H2,1-2H3. The monoisotopic (exact) mass is 217 g/mol. The van der Waals surface area contributed by atoms with Crippen molar-refractivity contribution in [3.63, 3.8) is 0 Å². The van der Waals surface area contributed by atoms with Gasteiger partial charge in [-0.3, -0.25) is 0 Å². The summed E-state index contributed by atoms with van der Waals surface area (Å²) in [7, 11) is 0. The zero-order chi connectivity index (χ0) is 11.1. The molecule has 0 N–H and O–H groups in total. The molecule has 3 nitrogen and oxygen atoms in total. The minimum absolute atomic E-state index is 0.943. The summed E-state index contributed by atoms with van der Waals surface area (Å²) in [6.07, 6.45) is 4.14. The maximum atomic E-state index is 4.55. The van der Waals surface area contributed by atoms with Gasteiger partial charge in [-0.25, -0.2) is 9.97 Å². The van der Waals surface area contributed by atoms with Crippen LogP contribution < -0.4 is 4.90 Å². The van der Waals surface area contributed by atoms with E-state index < -0.39 is 0 Å². The Labute approximate surface area is 96.9 Å². The Hall–Kier alpha value is -1.12. The number of aryl methyl sites for hydroxylation is 2. The van der Waals surface area contributed by atoms with Crippen LogP contribution in [-0.4, -0.2) is 23.1 Å². The molecule has 0 aromatic carbocycles. The summed E-state index contributed by atoms with van der Waals surface area (Å²) < 4.78 is 0. The second kappa shape index (κ2) is 3.72. The first kappa shape index (κ1) is 10.1. The van der Waals surface area contributed by atoms with E-state index in [1.54, 1.807) is 0 Å². The van der Waals surface area contributed by atoms with E-state index in [9.17, 15) is 0 Å². The van der Waals surface area contributed by atoms with Crippen LogP contribution in [0.4, 0.5) is 5.95 Å². The van der Waals surface area contributed by atoms with Crippen LogP contribution >= 0.6 is 0 Å². The fourth-order valence-electron chi connectivity index (χ4n) is 2.82. The van der Waals surface area contributed by atoms with Crippen LogP contribution in [0, 0.1) is 25.7 Å². The summed E-state index contributed by atoms with van der Waals surface area (Å²) in [4.78, 5) is 11.5. The molecule has 1 aliphatic heterocycles. The van der Waals surface area contributed by atoms with Crippen LogP contribution in [0.5, 0.6) is 0 Å². The van der Waals surface area contributed by atoms with Gasteiger partial charge in [0.15, 0.2) is 0 Å². The number of fused-ring (bicyclic) bond motifs is 1. The smallest absolute Gasteiger partial charge is 0.225 e. The van der Waals surface area contributed by atoms with Crippen LogP contribution in [0.3, 0.4) is 0 Å². The largest absolute Gasteiger partial charge is 0.341 e. The topological polar surface area (TPSA) is 29.0 Å². The van der Waals surface area contributed by atoms with E-state index in [-0.39, 0.29) is 0 Å². The lowest BCUT2D eigenvalue weighted by molar-refractivity contribution is 0.685. The Kier molecular flexibility index (Phi) is 2.34. The highest BCUT2D eigenvalue weighted by Gasteiger charge is 2.38. The third-order valence-corrected chi connectivity index (χ3v) is 3.86. The second-order valence-electron chi connectivity index (χ2n) is 5.27. The van der Waals surface area contributed by atoms with Crippen LogP contribution in [-0.2, 0) is 0 Å². The maximum Gasteiger partial charge on any atom is 0.225 e. The molecule has 86 valence electrons. The lowest BCUT2D eigenvalue weighted by atomic mass is 10.2. The molecular weight excluding hydrogens is 198 g/mol. The van der Waals surface area contributed by atoms with Crippen molar-refractivity contribution in [2.75, 3.05) is 18.0 Å². The van der Waals surface area contributed by atoms with Crippen molar-refractivity contribution in [2.45, 2.75) is 33.1 Å². The normalized spacial score (nSPS) is 28.5. The van der Waals surface area contributed by atoms with Gasteiger partial charge in [0, 0.05) is 24.5 Å². The van der Waals surface area contributed by atoms with Gasteiger partial charge in [0.25, 0.3) is 0 Å². The van der Waals surface area contributed by atoms with Crippen LogP contribution in [0.2, 0.25) is 0 Å². The van der Waals surface area contributed by atoms with Gasteiger partial charge in [0.05, 0.1) is 0 Å². The number of anilines is 1. The molecule has 2 heterocycles. The Morgan fingerprint density at radius 2 is 1.62 bits per heavy atom. The van der Waals surface area contributed by atoms with Crippen molar-refractivity contribution in [1.82, 2.24) is 9.97 Å². The van der Waals surface area contributed by atoms with Gasteiger partial charge < -0.3 is 4.90 Å². The van der Waals surface area contributed by atoms with E-state index in [4.69, 9.17) is 0 Å². The molecule has 3 rings (SSSR count). The van der Waals surface area contributed by atoms with Gasteiger partial charge in [-0.1, -0.05) is 0 Å². The molecule has 2 unspecified atom stereocenters. The van der Waals surface area contributed by atoms with E-state index in [1.165, 1.54) is 19.3 Å². The third-order valence-electron chi connectivity index (χ3n) is 3.86. The molecular formula is C13H19N3. The summed E-state index contributed by atoms with van der Waals surface area (Å²) in [6, 6.07) is 2.04. The highest BCUT2D eigenvalue weighted by Crippen LogP contribution is 2.45. The van der Waals surface area contributed by atoms with E-state index >= 15 is 0 Å². The number of rotatable bonds is 1. The molecule has 2 fully saturated rings. The summed E-state index contributed by atoms with van der Waals surface area (Å²) in [5.74, 6) is 2.96. The highest BCUT2D eigenvalue weighted by molar-refractivity contribution is 5.32. The lowest BCUT2D eigenvalue weighted by Crippen LogP contribution is -2.27. The SMILES string of the molecule is Cc1cc(C)nc(N2CCC3CC3CC2)n1. The summed E-state index contributed by atoms with van der Waals surface area (Å²) >= 11 is 0. The minimum atomic E-state index is 0.943. The van der Waals surface area contributed by atoms with Gasteiger partial charge >= 0.3 is 0 Å². The van der Waals surface area contributed by atoms with Gasteiger partial charge in [-0.15, -0.1) is 0 Å². The first-order chi connectivity index (χ1) is 7.72. The number of nitrogens with zero attached hydrogens (tertiary/aromatic N) is 3. The first-order valence-electron chi connectivity index (χ1n) is 6.29. The molecule has 1 aromatic rings. The fourth-order valence-corrected chi connectivity index (χ4v) is 2.82. The molecule has 0 bridgehead atoms. The van der Waals surface area contributed by atoms with Crippen LogP contribution in [0.1, 0.15) is 30.7 Å². The molecule has 16 heavy (non-hydrogen) atoms. The summed E-state index contributed by atoms with van der Waals surface area (Å²) in [5, 5.41) is 0.